The number of hydrogen-bond acceptors (Lipinski definition) is 4. The Morgan fingerprint density at radius 3 is 2.46 bits per heavy atom. The van der Waals surface area contributed by atoms with E-state index in [1.165, 1.54) is 11.2 Å². The van der Waals surface area contributed by atoms with Gasteiger partial charge in [-0.05, 0) is 50.9 Å². The normalized spacial score (nSPS) is 33.0. The fourth-order valence-corrected chi connectivity index (χ4v) is 7.17. The average Bonchev–Trinajstić information content (AvgIpc) is 3.01. The third kappa shape index (κ3) is 3.91. The molecule has 3 aliphatic rings. The molecule has 3 fully saturated rings. The van der Waals surface area contributed by atoms with Crippen molar-refractivity contribution in [2.24, 2.45) is 5.92 Å². The molecule has 3 rings (SSSR count). The van der Waals surface area contributed by atoms with E-state index in [4.69, 9.17) is 0 Å². The first kappa shape index (κ1) is 19.6. The number of amides is 1. The summed E-state index contributed by atoms with van der Waals surface area (Å²) in [5.74, 6) is -0.952. The lowest BCUT2D eigenvalue weighted by Crippen LogP contribution is -2.48. The number of nitrogens with zero attached hydrogens (tertiary/aromatic N) is 2. The van der Waals surface area contributed by atoms with Crippen molar-refractivity contribution < 1.29 is 23.1 Å². The van der Waals surface area contributed by atoms with Crippen LogP contribution < -0.4 is 0 Å². The highest BCUT2D eigenvalue weighted by Crippen LogP contribution is 2.41. The van der Waals surface area contributed by atoms with Gasteiger partial charge in [-0.25, -0.2) is 8.42 Å². The van der Waals surface area contributed by atoms with Gasteiger partial charge in [-0.1, -0.05) is 12.8 Å². The zero-order valence-corrected chi connectivity index (χ0v) is 16.3. The van der Waals surface area contributed by atoms with E-state index < -0.39 is 22.0 Å². The van der Waals surface area contributed by atoms with Crippen molar-refractivity contribution in [3.05, 3.63) is 0 Å². The minimum Gasteiger partial charge on any atom is -0.480 e. The molecule has 2 heterocycles. The van der Waals surface area contributed by atoms with E-state index in [-0.39, 0.29) is 29.7 Å². The summed E-state index contributed by atoms with van der Waals surface area (Å²) in [6, 6.07) is -1.14. The quantitative estimate of drug-likeness (QED) is 0.778. The van der Waals surface area contributed by atoms with Crippen LogP contribution in [-0.2, 0) is 19.6 Å². The summed E-state index contributed by atoms with van der Waals surface area (Å²) in [5.41, 5.74) is 0. The second kappa shape index (κ2) is 7.84. The SMILES string of the molecule is CC(=O)N1CCCCC1CCS(=O)(=O)N1C(C(=O)O)CC2CCCCC21. The lowest BCUT2D eigenvalue weighted by atomic mass is 9.85. The maximum Gasteiger partial charge on any atom is 0.322 e. The molecule has 8 heteroatoms. The fraction of sp³-hybridized carbons (Fsp3) is 0.889. The van der Waals surface area contributed by atoms with E-state index in [1.54, 1.807) is 4.90 Å². The van der Waals surface area contributed by atoms with Gasteiger partial charge < -0.3 is 10.0 Å². The zero-order chi connectivity index (χ0) is 18.9. The fourth-order valence-electron chi connectivity index (χ4n) is 5.14. The van der Waals surface area contributed by atoms with E-state index in [2.05, 4.69) is 0 Å². The van der Waals surface area contributed by atoms with Crippen LogP contribution in [0.2, 0.25) is 0 Å². The molecule has 0 aromatic carbocycles. The van der Waals surface area contributed by atoms with Crippen LogP contribution in [0.15, 0.2) is 0 Å². The molecule has 7 nitrogen and oxygen atoms in total. The first-order valence-electron chi connectivity index (χ1n) is 9.82. The summed E-state index contributed by atoms with van der Waals surface area (Å²) >= 11 is 0. The van der Waals surface area contributed by atoms with Crippen LogP contribution in [0.3, 0.4) is 0 Å². The van der Waals surface area contributed by atoms with Crippen molar-refractivity contribution in [2.45, 2.75) is 82.8 Å². The lowest BCUT2D eigenvalue weighted by Gasteiger charge is -2.36. The second-order valence-corrected chi connectivity index (χ2v) is 9.99. The number of carboxylic acid groups (broad SMARTS) is 1. The van der Waals surface area contributed by atoms with Gasteiger partial charge in [-0.3, -0.25) is 9.59 Å². The molecule has 1 amide bonds. The van der Waals surface area contributed by atoms with Gasteiger partial charge in [0.2, 0.25) is 15.9 Å². The minimum absolute atomic E-state index is 0.0102. The van der Waals surface area contributed by atoms with E-state index in [9.17, 15) is 23.1 Å². The van der Waals surface area contributed by atoms with Gasteiger partial charge in [-0.15, -0.1) is 0 Å². The highest BCUT2D eigenvalue weighted by Gasteiger charge is 2.50. The topological polar surface area (TPSA) is 95.0 Å². The Morgan fingerprint density at radius 1 is 1.08 bits per heavy atom. The molecule has 0 bridgehead atoms. The summed E-state index contributed by atoms with van der Waals surface area (Å²) in [6.07, 6.45) is 7.30. The summed E-state index contributed by atoms with van der Waals surface area (Å²) < 4.78 is 27.5. The van der Waals surface area contributed by atoms with E-state index in [0.29, 0.717) is 19.4 Å². The van der Waals surface area contributed by atoms with Gasteiger partial charge in [-0.2, -0.15) is 4.31 Å². The summed E-state index contributed by atoms with van der Waals surface area (Å²) in [7, 11) is -3.66. The number of sulfonamides is 1. The molecule has 2 aliphatic heterocycles. The Hall–Kier alpha value is -1.15. The number of piperidine rings is 1. The van der Waals surface area contributed by atoms with Crippen LogP contribution in [-0.4, -0.2) is 65.0 Å². The Morgan fingerprint density at radius 2 is 1.77 bits per heavy atom. The number of fused-ring (bicyclic) bond motifs is 1. The molecule has 0 aromatic rings. The molecule has 0 spiro atoms. The number of carboxylic acids is 1. The predicted molar refractivity (Wildman–Crippen MR) is 97.1 cm³/mol. The number of aliphatic carboxylic acids is 1. The molecule has 26 heavy (non-hydrogen) atoms. The Balaban J connectivity index is 1.73. The first-order chi connectivity index (χ1) is 12.3. The van der Waals surface area contributed by atoms with Crippen molar-refractivity contribution in [3.8, 4) is 0 Å². The molecule has 1 N–H and O–H groups in total. The summed E-state index contributed by atoms with van der Waals surface area (Å²) in [5, 5.41) is 9.57. The van der Waals surface area contributed by atoms with Crippen molar-refractivity contribution >= 4 is 21.9 Å². The minimum atomic E-state index is -3.66. The van der Waals surface area contributed by atoms with Crippen LogP contribution in [0, 0.1) is 5.92 Å². The smallest absolute Gasteiger partial charge is 0.322 e. The molecular formula is C18H30N2O5S. The third-order valence-corrected chi connectivity index (χ3v) is 8.30. The van der Waals surface area contributed by atoms with Gasteiger partial charge in [0.25, 0.3) is 0 Å². The van der Waals surface area contributed by atoms with Crippen LogP contribution in [0.4, 0.5) is 0 Å². The van der Waals surface area contributed by atoms with Crippen molar-refractivity contribution in [2.75, 3.05) is 12.3 Å². The number of rotatable bonds is 5. The molecule has 148 valence electrons. The largest absolute Gasteiger partial charge is 0.480 e. The number of hydrogen-bond donors (Lipinski definition) is 1. The average molecular weight is 387 g/mol. The standard InChI is InChI=1S/C18H30N2O5S/c1-13(21)19-10-5-4-7-15(19)9-11-26(24,25)20-16-8-3-2-6-14(16)12-17(20)18(22)23/h14-17H,2-12H2,1H3,(H,22,23). The van der Waals surface area contributed by atoms with Gasteiger partial charge >= 0.3 is 5.97 Å². The van der Waals surface area contributed by atoms with Crippen molar-refractivity contribution in [1.82, 2.24) is 9.21 Å². The van der Waals surface area contributed by atoms with E-state index in [0.717, 1.165) is 44.9 Å². The van der Waals surface area contributed by atoms with Gasteiger partial charge in [0.05, 0.1) is 5.75 Å². The highest BCUT2D eigenvalue weighted by atomic mass is 32.2. The highest BCUT2D eigenvalue weighted by molar-refractivity contribution is 7.89. The Labute approximate surface area is 155 Å². The molecule has 4 atom stereocenters. The van der Waals surface area contributed by atoms with Crippen LogP contribution in [0.25, 0.3) is 0 Å². The maximum atomic E-state index is 13.1. The lowest BCUT2D eigenvalue weighted by molar-refractivity contribution is -0.141. The van der Waals surface area contributed by atoms with Crippen molar-refractivity contribution in [3.63, 3.8) is 0 Å². The molecule has 0 aromatic heterocycles. The van der Waals surface area contributed by atoms with Gasteiger partial charge in [0, 0.05) is 25.6 Å². The maximum absolute atomic E-state index is 13.1. The van der Waals surface area contributed by atoms with Crippen LogP contribution in [0.1, 0.15) is 64.7 Å². The number of carbonyl (C=O) groups is 2. The first-order valence-corrected chi connectivity index (χ1v) is 11.4. The molecular weight excluding hydrogens is 356 g/mol. The van der Waals surface area contributed by atoms with Gasteiger partial charge in [0.1, 0.15) is 6.04 Å². The second-order valence-electron chi connectivity index (χ2n) is 8.00. The number of carbonyl (C=O) groups excluding carboxylic acids is 1. The Bertz CT molecular complexity index is 650. The molecule has 4 unspecified atom stereocenters. The van der Waals surface area contributed by atoms with E-state index in [1.807, 2.05) is 0 Å². The molecule has 1 aliphatic carbocycles. The van der Waals surface area contributed by atoms with Crippen LogP contribution >= 0.6 is 0 Å². The Kier molecular flexibility index (Phi) is 5.91. The monoisotopic (exact) mass is 386 g/mol. The third-order valence-electron chi connectivity index (χ3n) is 6.38. The summed E-state index contributed by atoms with van der Waals surface area (Å²) in [6.45, 7) is 2.21. The zero-order valence-electron chi connectivity index (χ0n) is 15.5. The van der Waals surface area contributed by atoms with E-state index >= 15 is 0 Å². The molecule has 0 radical (unpaired) electrons. The van der Waals surface area contributed by atoms with Gasteiger partial charge in [0.15, 0.2) is 0 Å². The van der Waals surface area contributed by atoms with Crippen LogP contribution in [0.5, 0.6) is 0 Å². The van der Waals surface area contributed by atoms with Crippen molar-refractivity contribution in [1.29, 1.82) is 0 Å². The molecule has 1 saturated carbocycles. The number of likely N-dealkylation sites (tertiary alicyclic amines) is 1. The predicted octanol–water partition coefficient (Wildman–Crippen LogP) is 1.82. The molecule has 2 saturated heterocycles. The summed E-state index contributed by atoms with van der Waals surface area (Å²) in [4.78, 5) is 25.3.